The molecule has 1 aliphatic carbocycles. The Morgan fingerprint density at radius 1 is 1.03 bits per heavy atom. The van der Waals surface area contributed by atoms with Crippen molar-refractivity contribution in [2.75, 3.05) is 12.4 Å². The maximum atomic E-state index is 13.1. The molecule has 2 aromatic carbocycles. The number of hydrogen-bond donors (Lipinski definition) is 2. The van der Waals surface area contributed by atoms with Gasteiger partial charge in [0.05, 0.1) is 13.0 Å². The zero-order valence-corrected chi connectivity index (χ0v) is 16.4. The molecule has 4 rings (SSSR count). The number of ketones is 1. The van der Waals surface area contributed by atoms with E-state index in [0.29, 0.717) is 23.4 Å². The average molecular weight is 408 g/mol. The fourth-order valence-electron chi connectivity index (χ4n) is 4.06. The van der Waals surface area contributed by atoms with E-state index in [4.69, 9.17) is 4.74 Å². The Bertz CT molecular complexity index is 1030. The quantitative estimate of drug-likeness (QED) is 0.813. The van der Waals surface area contributed by atoms with Crippen molar-refractivity contribution in [3.8, 4) is 5.75 Å². The van der Waals surface area contributed by atoms with Crippen LogP contribution in [0.3, 0.4) is 0 Å². The molecule has 154 valence electrons. The molecule has 1 heterocycles. The monoisotopic (exact) mass is 408 g/mol. The summed E-state index contributed by atoms with van der Waals surface area (Å²) in [5.41, 5.74) is 2.28. The summed E-state index contributed by atoms with van der Waals surface area (Å²) in [6.07, 6.45) is 0.644. The fraction of sp³-hybridized carbons (Fsp3) is 0.261. The highest BCUT2D eigenvalue weighted by Crippen LogP contribution is 2.39. The van der Waals surface area contributed by atoms with Crippen LogP contribution in [0.5, 0.6) is 5.75 Å². The number of rotatable bonds is 4. The van der Waals surface area contributed by atoms with Crippen molar-refractivity contribution in [2.45, 2.75) is 25.2 Å². The summed E-state index contributed by atoms with van der Waals surface area (Å²) in [7, 11) is 1.59. The Hall–Kier alpha value is -3.48. The van der Waals surface area contributed by atoms with E-state index >= 15 is 0 Å². The van der Waals surface area contributed by atoms with E-state index in [2.05, 4.69) is 10.6 Å². The summed E-state index contributed by atoms with van der Waals surface area (Å²) in [5.74, 6) is -1.51. The second kappa shape index (κ2) is 8.10. The SMILES string of the molecule is COc1ccc(C2CC(=O)C3=C(C2)NC(=O)CC3C(=O)Nc2ccc(F)cc2)cc1. The van der Waals surface area contributed by atoms with Gasteiger partial charge in [0.15, 0.2) is 5.78 Å². The highest BCUT2D eigenvalue weighted by atomic mass is 19.1. The van der Waals surface area contributed by atoms with Crippen molar-refractivity contribution in [1.82, 2.24) is 5.32 Å². The molecule has 2 atom stereocenters. The van der Waals surface area contributed by atoms with Gasteiger partial charge in [0, 0.05) is 29.8 Å². The van der Waals surface area contributed by atoms with Gasteiger partial charge in [-0.05, 0) is 54.3 Å². The number of Topliss-reactive ketones (excluding diaryl/α,β-unsaturated/α-hetero) is 1. The minimum Gasteiger partial charge on any atom is -0.497 e. The van der Waals surface area contributed by atoms with E-state index in [-0.39, 0.29) is 30.4 Å². The lowest BCUT2D eigenvalue weighted by molar-refractivity contribution is -0.129. The predicted molar refractivity (Wildman–Crippen MR) is 108 cm³/mol. The summed E-state index contributed by atoms with van der Waals surface area (Å²) in [4.78, 5) is 38.1. The maximum absolute atomic E-state index is 13.1. The number of methoxy groups -OCH3 is 1. The third kappa shape index (κ3) is 3.96. The van der Waals surface area contributed by atoms with Crippen molar-refractivity contribution in [3.63, 3.8) is 0 Å². The summed E-state index contributed by atoms with van der Waals surface area (Å²) in [6, 6.07) is 12.8. The smallest absolute Gasteiger partial charge is 0.232 e. The Labute approximate surface area is 173 Å². The Balaban J connectivity index is 1.58. The summed E-state index contributed by atoms with van der Waals surface area (Å²) in [5, 5.41) is 5.48. The average Bonchev–Trinajstić information content (AvgIpc) is 2.74. The summed E-state index contributed by atoms with van der Waals surface area (Å²) in [6.45, 7) is 0. The van der Waals surface area contributed by atoms with E-state index in [1.165, 1.54) is 24.3 Å². The number of anilines is 1. The lowest BCUT2D eigenvalue weighted by Crippen LogP contribution is -2.43. The number of allylic oxidation sites excluding steroid dienone is 1. The number of halogens is 1. The van der Waals surface area contributed by atoms with Crippen molar-refractivity contribution in [2.24, 2.45) is 5.92 Å². The normalized spacial score (nSPS) is 21.0. The number of benzene rings is 2. The van der Waals surface area contributed by atoms with Crippen LogP contribution in [-0.4, -0.2) is 24.7 Å². The van der Waals surface area contributed by atoms with Crippen LogP contribution in [-0.2, 0) is 14.4 Å². The molecule has 2 aromatic rings. The molecule has 2 unspecified atom stereocenters. The number of ether oxygens (including phenoxy) is 1. The molecular formula is C23H21FN2O4. The number of nitrogens with one attached hydrogen (secondary N) is 2. The third-order valence-electron chi connectivity index (χ3n) is 5.55. The first-order valence-electron chi connectivity index (χ1n) is 9.71. The van der Waals surface area contributed by atoms with E-state index in [9.17, 15) is 18.8 Å². The molecule has 0 aromatic heterocycles. The van der Waals surface area contributed by atoms with Crippen molar-refractivity contribution in [1.29, 1.82) is 0 Å². The van der Waals surface area contributed by atoms with E-state index in [0.717, 1.165) is 11.3 Å². The zero-order valence-electron chi connectivity index (χ0n) is 16.4. The Kier molecular flexibility index (Phi) is 5.35. The minimum absolute atomic E-state index is 0.0821. The van der Waals surface area contributed by atoms with Gasteiger partial charge in [0.25, 0.3) is 0 Å². The molecule has 0 bridgehead atoms. The number of amides is 2. The highest BCUT2D eigenvalue weighted by Gasteiger charge is 2.40. The third-order valence-corrected chi connectivity index (χ3v) is 5.55. The van der Waals surface area contributed by atoms with E-state index in [1.807, 2.05) is 24.3 Å². The minimum atomic E-state index is -0.858. The molecule has 0 saturated heterocycles. The fourth-order valence-corrected chi connectivity index (χ4v) is 4.06. The molecule has 6 nitrogen and oxygen atoms in total. The largest absolute Gasteiger partial charge is 0.497 e. The molecule has 30 heavy (non-hydrogen) atoms. The standard InChI is InChI=1S/C23H21FN2O4/c1-30-17-8-2-13(3-9-17)14-10-19-22(20(27)11-14)18(12-21(28)26-19)23(29)25-16-6-4-15(24)5-7-16/h2-9,14,18H,10-12H2,1H3,(H,25,29)(H,26,28). The van der Waals surface area contributed by atoms with Gasteiger partial charge in [0.2, 0.25) is 11.8 Å². The van der Waals surface area contributed by atoms with Crippen LogP contribution in [0.2, 0.25) is 0 Å². The summed E-state index contributed by atoms with van der Waals surface area (Å²) < 4.78 is 18.3. The maximum Gasteiger partial charge on any atom is 0.232 e. The first-order chi connectivity index (χ1) is 14.4. The van der Waals surface area contributed by atoms with Gasteiger partial charge in [-0.15, -0.1) is 0 Å². The van der Waals surface area contributed by atoms with E-state index < -0.39 is 17.6 Å². The van der Waals surface area contributed by atoms with Crippen LogP contribution >= 0.6 is 0 Å². The van der Waals surface area contributed by atoms with Gasteiger partial charge in [0.1, 0.15) is 11.6 Å². The molecule has 2 aliphatic rings. The van der Waals surface area contributed by atoms with Crippen LogP contribution in [0.1, 0.15) is 30.7 Å². The first kappa shape index (κ1) is 19.8. The van der Waals surface area contributed by atoms with E-state index in [1.54, 1.807) is 7.11 Å². The predicted octanol–water partition coefficient (Wildman–Crippen LogP) is 3.31. The van der Waals surface area contributed by atoms with Gasteiger partial charge in [-0.3, -0.25) is 14.4 Å². The van der Waals surface area contributed by atoms with Gasteiger partial charge < -0.3 is 15.4 Å². The molecule has 7 heteroatoms. The second-order valence-electron chi connectivity index (χ2n) is 7.49. The molecule has 2 amide bonds. The number of hydrogen-bond acceptors (Lipinski definition) is 4. The molecular weight excluding hydrogens is 387 g/mol. The van der Waals surface area contributed by atoms with Crippen LogP contribution in [0.15, 0.2) is 59.8 Å². The molecule has 1 aliphatic heterocycles. The Morgan fingerprint density at radius 2 is 1.73 bits per heavy atom. The lowest BCUT2D eigenvalue weighted by Gasteiger charge is -2.33. The lowest BCUT2D eigenvalue weighted by atomic mass is 9.75. The first-order valence-corrected chi connectivity index (χ1v) is 9.71. The van der Waals surface area contributed by atoms with Gasteiger partial charge in [-0.2, -0.15) is 0 Å². The van der Waals surface area contributed by atoms with Crippen molar-refractivity contribution >= 4 is 23.3 Å². The topological polar surface area (TPSA) is 84.5 Å². The number of carbonyl (C=O) groups is 3. The van der Waals surface area contributed by atoms with Gasteiger partial charge in [-0.1, -0.05) is 12.1 Å². The van der Waals surface area contributed by atoms with Crippen LogP contribution in [0.4, 0.5) is 10.1 Å². The van der Waals surface area contributed by atoms with Crippen LogP contribution in [0, 0.1) is 11.7 Å². The van der Waals surface area contributed by atoms with Gasteiger partial charge in [-0.25, -0.2) is 4.39 Å². The molecule has 0 radical (unpaired) electrons. The summed E-state index contributed by atoms with van der Waals surface area (Å²) >= 11 is 0. The van der Waals surface area contributed by atoms with Crippen LogP contribution in [0.25, 0.3) is 0 Å². The van der Waals surface area contributed by atoms with Gasteiger partial charge >= 0.3 is 0 Å². The number of carbonyl (C=O) groups excluding carboxylic acids is 3. The zero-order chi connectivity index (χ0) is 21.3. The Morgan fingerprint density at radius 3 is 2.40 bits per heavy atom. The van der Waals surface area contributed by atoms with Crippen molar-refractivity contribution < 1.29 is 23.5 Å². The second-order valence-corrected chi connectivity index (χ2v) is 7.49. The molecule has 2 N–H and O–H groups in total. The highest BCUT2D eigenvalue weighted by molar-refractivity contribution is 6.09. The molecule has 0 spiro atoms. The van der Waals surface area contributed by atoms with Crippen molar-refractivity contribution in [3.05, 3.63) is 71.2 Å². The molecule has 0 fully saturated rings. The van der Waals surface area contributed by atoms with Crippen LogP contribution < -0.4 is 15.4 Å². The molecule has 0 saturated carbocycles.